The average Bonchev–Trinajstić information content (AvgIpc) is 2.61. The number of hydrogen-bond donors (Lipinski definition) is 1. The molecule has 0 fully saturated rings. The van der Waals surface area contributed by atoms with E-state index < -0.39 is 0 Å². The molecule has 1 atom stereocenters. The van der Waals surface area contributed by atoms with Gasteiger partial charge in [0.05, 0.1) is 27.5 Å². The minimum Gasteiger partial charge on any atom is -0.330 e. The summed E-state index contributed by atoms with van der Waals surface area (Å²) in [4.78, 5) is 18.0. The van der Waals surface area contributed by atoms with E-state index >= 15 is 0 Å². The largest absolute Gasteiger partial charge is 0.330 e. The summed E-state index contributed by atoms with van der Waals surface area (Å²) in [6.45, 7) is 5.00. The highest BCUT2D eigenvalue weighted by Crippen LogP contribution is 2.28. The Kier molecular flexibility index (Phi) is 5.66. The van der Waals surface area contributed by atoms with E-state index in [-0.39, 0.29) is 17.4 Å². The Bertz CT molecular complexity index is 984. The number of nitrogens with two attached hydrogens (primary N) is 1. The fourth-order valence-electron chi connectivity index (χ4n) is 3.11. The van der Waals surface area contributed by atoms with Crippen molar-refractivity contribution in [2.75, 3.05) is 6.54 Å². The monoisotopic (exact) mass is 389 g/mol. The zero-order valence-corrected chi connectivity index (χ0v) is 16.3. The molecule has 1 unspecified atom stereocenters. The summed E-state index contributed by atoms with van der Waals surface area (Å²) in [6.07, 6.45) is 0. The molecule has 0 saturated carbocycles. The van der Waals surface area contributed by atoms with Gasteiger partial charge < -0.3 is 5.73 Å². The van der Waals surface area contributed by atoms with Crippen molar-refractivity contribution in [3.05, 3.63) is 74.3 Å². The van der Waals surface area contributed by atoms with Crippen molar-refractivity contribution >= 4 is 34.1 Å². The van der Waals surface area contributed by atoms with E-state index in [1.807, 2.05) is 30.3 Å². The standard InChI is InChI=1S/C20H21Cl2N3O/c1-12(2)15(10-23)19-24-18-9-17(22)16(21)8-14(18)20(26)25(19)11-13-6-4-3-5-7-13/h3-9,12,15H,10-11,23H2,1-2H3. The van der Waals surface area contributed by atoms with Gasteiger partial charge in [0.25, 0.3) is 5.56 Å². The molecule has 6 heteroatoms. The van der Waals surface area contributed by atoms with Crippen LogP contribution in [0.2, 0.25) is 10.0 Å². The van der Waals surface area contributed by atoms with Gasteiger partial charge in [-0.25, -0.2) is 4.98 Å². The van der Waals surface area contributed by atoms with Gasteiger partial charge in [-0.15, -0.1) is 0 Å². The Morgan fingerprint density at radius 3 is 2.38 bits per heavy atom. The molecule has 3 aromatic rings. The van der Waals surface area contributed by atoms with Crippen LogP contribution in [0.25, 0.3) is 10.9 Å². The summed E-state index contributed by atoms with van der Waals surface area (Å²) in [5.41, 5.74) is 7.45. The molecule has 0 radical (unpaired) electrons. The zero-order chi connectivity index (χ0) is 18.8. The van der Waals surface area contributed by atoms with Crippen LogP contribution in [0.4, 0.5) is 0 Å². The zero-order valence-electron chi connectivity index (χ0n) is 14.7. The van der Waals surface area contributed by atoms with Gasteiger partial charge in [-0.1, -0.05) is 67.4 Å². The molecular formula is C20H21Cl2N3O. The molecule has 1 aromatic heterocycles. The average molecular weight is 390 g/mol. The molecule has 26 heavy (non-hydrogen) atoms. The van der Waals surface area contributed by atoms with E-state index in [0.29, 0.717) is 39.9 Å². The van der Waals surface area contributed by atoms with Crippen LogP contribution in [0.15, 0.2) is 47.3 Å². The molecule has 1 heterocycles. The van der Waals surface area contributed by atoms with Crippen molar-refractivity contribution in [3.8, 4) is 0 Å². The lowest BCUT2D eigenvalue weighted by molar-refractivity contribution is 0.458. The van der Waals surface area contributed by atoms with Crippen molar-refractivity contribution in [1.82, 2.24) is 9.55 Å². The van der Waals surface area contributed by atoms with Gasteiger partial charge in [-0.3, -0.25) is 9.36 Å². The molecule has 3 rings (SSSR count). The topological polar surface area (TPSA) is 60.9 Å². The third-order valence-electron chi connectivity index (χ3n) is 4.60. The maximum atomic E-state index is 13.2. The van der Waals surface area contributed by atoms with Gasteiger partial charge in [0.1, 0.15) is 5.82 Å². The van der Waals surface area contributed by atoms with E-state index in [9.17, 15) is 4.79 Å². The summed E-state index contributed by atoms with van der Waals surface area (Å²) in [6, 6.07) is 13.1. The van der Waals surface area contributed by atoms with Crippen molar-refractivity contribution < 1.29 is 0 Å². The smallest absolute Gasteiger partial charge is 0.261 e. The molecule has 136 valence electrons. The number of halogens is 2. The van der Waals surface area contributed by atoms with Crippen molar-refractivity contribution in [2.45, 2.75) is 26.3 Å². The molecule has 2 aromatic carbocycles. The fraction of sp³-hybridized carbons (Fsp3) is 0.300. The summed E-state index contributed by atoms with van der Waals surface area (Å²) in [7, 11) is 0. The molecule has 4 nitrogen and oxygen atoms in total. The molecular weight excluding hydrogens is 369 g/mol. The van der Waals surface area contributed by atoms with Crippen molar-refractivity contribution in [3.63, 3.8) is 0 Å². The van der Waals surface area contributed by atoms with Crippen LogP contribution in [0.5, 0.6) is 0 Å². The number of fused-ring (bicyclic) bond motifs is 1. The van der Waals surface area contributed by atoms with Crippen LogP contribution in [0.1, 0.15) is 31.2 Å². The van der Waals surface area contributed by atoms with E-state index in [4.69, 9.17) is 33.9 Å². The van der Waals surface area contributed by atoms with Crippen LogP contribution in [-0.2, 0) is 6.54 Å². The van der Waals surface area contributed by atoms with Gasteiger partial charge >= 0.3 is 0 Å². The molecule has 0 aliphatic carbocycles. The molecule has 0 aliphatic heterocycles. The molecule has 0 bridgehead atoms. The van der Waals surface area contributed by atoms with Crippen LogP contribution in [0.3, 0.4) is 0 Å². The molecule has 2 N–H and O–H groups in total. The Morgan fingerprint density at radius 1 is 1.12 bits per heavy atom. The first-order chi connectivity index (χ1) is 12.4. The van der Waals surface area contributed by atoms with Gasteiger partial charge in [0.15, 0.2) is 0 Å². The van der Waals surface area contributed by atoms with E-state index in [1.54, 1.807) is 16.7 Å². The minimum absolute atomic E-state index is 0.0368. The summed E-state index contributed by atoms with van der Waals surface area (Å²) >= 11 is 12.3. The third kappa shape index (κ3) is 3.63. The fourth-order valence-corrected chi connectivity index (χ4v) is 3.43. The quantitative estimate of drug-likeness (QED) is 0.700. The molecule has 0 spiro atoms. The van der Waals surface area contributed by atoms with Crippen LogP contribution < -0.4 is 11.3 Å². The summed E-state index contributed by atoms with van der Waals surface area (Å²) < 4.78 is 1.71. The second-order valence-corrected chi connectivity index (χ2v) is 7.53. The summed E-state index contributed by atoms with van der Waals surface area (Å²) in [5, 5.41) is 1.18. The highest BCUT2D eigenvalue weighted by molar-refractivity contribution is 6.42. The number of aromatic nitrogens is 2. The number of nitrogens with zero attached hydrogens (tertiary/aromatic N) is 2. The first-order valence-corrected chi connectivity index (χ1v) is 9.31. The highest BCUT2D eigenvalue weighted by atomic mass is 35.5. The maximum absolute atomic E-state index is 13.2. The predicted molar refractivity (Wildman–Crippen MR) is 108 cm³/mol. The van der Waals surface area contributed by atoms with E-state index in [0.717, 1.165) is 5.56 Å². The van der Waals surface area contributed by atoms with E-state index in [1.165, 1.54) is 0 Å². The number of hydrogen-bond acceptors (Lipinski definition) is 3. The Hall–Kier alpha value is -1.88. The predicted octanol–water partition coefficient (Wildman–Crippen LogP) is 4.45. The number of benzene rings is 2. The maximum Gasteiger partial charge on any atom is 0.261 e. The van der Waals surface area contributed by atoms with Gasteiger partial charge in [0.2, 0.25) is 0 Å². The Labute approximate surface area is 162 Å². The summed E-state index contributed by atoms with van der Waals surface area (Å²) in [5.74, 6) is 0.890. The highest BCUT2D eigenvalue weighted by Gasteiger charge is 2.22. The first-order valence-electron chi connectivity index (χ1n) is 8.55. The molecule has 0 aliphatic rings. The lowest BCUT2D eigenvalue weighted by Crippen LogP contribution is -2.31. The molecule has 0 amide bonds. The second kappa shape index (κ2) is 7.78. The van der Waals surface area contributed by atoms with Crippen LogP contribution in [0, 0.1) is 5.92 Å². The number of rotatable bonds is 5. The van der Waals surface area contributed by atoms with Crippen LogP contribution >= 0.6 is 23.2 Å². The SMILES string of the molecule is CC(C)C(CN)c1nc2cc(Cl)c(Cl)cc2c(=O)n1Cc1ccccc1. The lowest BCUT2D eigenvalue weighted by Gasteiger charge is -2.23. The van der Waals surface area contributed by atoms with Gasteiger partial charge in [0, 0.05) is 12.5 Å². The van der Waals surface area contributed by atoms with Gasteiger partial charge in [-0.2, -0.15) is 0 Å². The Morgan fingerprint density at radius 2 is 1.77 bits per heavy atom. The van der Waals surface area contributed by atoms with Crippen molar-refractivity contribution in [2.24, 2.45) is 11.7 Å². The Balaban J connectivity index is 2.29. The van der Waals surface area contributed by atoms with Crippen molar-refractivity contribution in [1.29, 1.82) is 0 Å². The van der Waals surface area contributed by atoms with Gasteiger partial charge in [-0.05, 0) is 23.6 Å². The molecule has 0 saturated heterocycles. The normalized spacial score (nSPS) is 12.7. The lowest BCUT2D eigenvalue weighted by atomic mass is 9.94. The first kappa shape index (κ1) is 18.9. The second-order valence-electron chi connectivity index (χ2n) is 6.72. The van der Waals surface area contributed by atoms with E-state index in [2.05, 4.69) is 13.8 Å². The minimum atomic E-state index is -0.133. The third-order valence-corrected chi connectivity index (χ3v) is 5.32. The van der Waals surface area contributed by atoms with Crippen LogP contribution in [-0.4, -0.2) is 16.1 Å².